The van der Waals surface area contributed by atoms with Gasteiger partial charge in [0, 0.05) is 25.3 Å². The predicted molar refractivity (Wildman–Crippen MR) is 74.2 cm³/mol. The van der Waals surface area contributed by atoms with E-state index >= 15 is 0 Å². The number of carbonyl (C=O) groups excluding carboxylic acids is 1. The number of nitrogens with zero attached hydrogens (tertiary/aromatic N) is 2. The Kier molecular flexibility index (Phi) is 4.17. The molecule has 1 aliphatic heterocycles. The van der Waals surface area contributed by atoms with Gasteiger partial charge in [0.2, 0.25) is 0 Å². The summed E-state index contributed by atoms with van der Waals surface area (Å²) in [5.74, 6) is 0.226. The van der Waals surface area contributed by atoms with Crippen molar-refractivity contribution in [3.63, 3.8) is 0 Å². The van der Waals surface area contributed by atoms with Crippen LogP contribution < -0.4 is 5.73 Å². The van der Waals surface area contributed by atoms with Crippen LogP contribution in [0.25, 0.3) is 0 Å². The number of hydrogen-bond donors (Lipinski definition) is 1. The summed E-state index contributed by atoms with van der Waals surface area (Å²) >= 11 is 0. The number of ketones is 1. The molecule has 0 amide bonds. The number of nitrogen functional groups attached to an aromatic ring is 1. The van der Waals surface area contributed by atoms with Gasteiger partial charge < -0.3 is 10.5 Å². The second-order valence-corrected chi connectivity index (χ2v) is 5.20. The third-order valence-corrected chi connectivity index (χ3v) is 3.56. The monoisotopic (exact) mass is 263 g/mol. The zero-order chi connectivity index (χ0) is 14.0. The first-order chi connectivity index (χ1) is 9.00. The SMILES string of the molecule is Cc1ccnc(N)c1C(=O)C1CN(C(C)C)CCO1. The summed E-state index contributed by atoms with van der Waals surface area (Å²) in [7, 11) is 0. The van der Waals surface area contributed by atoms with Crippen molar-refractivity contribution in [1.82, 2.24) is 9.88 Å². The van der Waals surface area contributed by atoms with Crippen molar-refractivity contribution in [2.24, 2.45) is 0 Å². The maximum Gasteiger partial charge on any atom is 0.196 e. The second kappa shape index (κ2) is 5.67. The molecule has 1 aromatic heterocycles. The van der Waals surface area contributed by atoms with Crippen molar-refractivity contribution in [1.29, 1.82) is 0 Å². The molecule has 0 saturated carbocycles. The van der Waals surface area contributed by atoms with E-state index in [0.29, 0.717) is 24.8 Å². The van der Waals surface area contributed by atoms with E-state index in [-0.39, 0.29) is 11.6 Å². The van der Waals surface area contributed by atoms with Crippen LogP contribution in [0.15, 0.2) is 12.3 Å². The minimum absolute atomic E-state index is 0.0616. The van der Waals surface area contributed by atoms with Crippen LogP contribution in [0.3, 0.4) is 0 Å². The molecule has 2 N–H and O–H groups in total. The summed E-state index contributed by atoms with van der Waals surface area (Å²) in [5.41, 5.74) is 7.17. The normalized spacial score (nSPS) is 20.7. The molecule has 1 atom stereocenters. The molecule has 104 valence electrons. The van der Waals surface area contributed by atoms with Crippen molar-refractivity contribution in [3.05, 3.63) is 23.4 Å². The molecule has 5 nitrogen and oxygen atoms in total. The highest BCUT2D eigenvalue weighted by atomic mass is 16.5. The topological polar surface area (TPSA) is 68.5 Å². The number of rotatable bonds is 3. The van der Waals surface area contributed by atoms with Crippen molar-refractivity contribution >= 4 is 11.6 Å². The Bertz CT molecular complexity index is 454. The minimum atomic E-state index is -0.443. The molecular formula is C14H21N3O2. The molecule has 0 aromatic carbocycles. The maximum atomic E-state index is 12.5. The Balaban J connectivity index is 2.20. The molecule has 0 aliphatic carbocycles. The van der Waals surface area contributed by atoms with E-state index in [0.717, 1.165) is 12.1 Å². The number of aromatic nitrogens is 1. The number of anilines is 1. The number of hydrogen-bond acceptors (Lipinski definition) is 5. The lowest BCUT2D eigenvalue weighted by atomic mass is 10.0. The van der Waals surface area contributed by atoms with Crippen molar-refractivity contribution in [2.75, 3.05) is 25.4 Å². The quantitative estimate of drug-likeness (QED) is 0.832. The number of morpholine rings is 1. The standard InChI is InChI=1S/C14H21N3O2/c1-9(2)17-6-7-19-11(8-17)13(18)12-10(3)4-5-16-14(12)15/h4-5,9,11H,6-8H2,1-3H3,(H2,15,16). The lowest BCUT2D eigenvalue weighted by Gasteiger charge is -2.35. The predicted octanol–water partition coefficient (Wildman–Crippen LogP) is 1.26. The van der Waals surface area contributed by atoms with Crippen LogP contribution in [0, 0.1) is 6.92 Å². The average Bonchev–Trinajstić information content (AvgIpc) is 2.38. The van der Waals surface area contributed by atoms with E-state index < -0.39 is 6.10 Å². The smallest absolute Gasteiger partial charge is 0.196 e. The van der Waals surface area contributed by atoms with Gasteiger partial charge in [-0.2, -0.15) is 0 Å². The van der Waals surface area contributed by atoms with Crippen LogP contribution in [0.2, 0.25) is 0 Å². The van der Waals surface area contributed by atoms with Crippen molar-refractivity contribution in [2.45, 2.75) is 32.9 Å². The molecular weight excluding hydrogens is 242 g/mol. The summed E-state index contributed by atoms with van der Waals surface area (Å²) in [6.07, 6.45) is 1.17. The zero-order valence-electron chi connectivity index (χ0n) is 11.7. The average molecular weight is 263 g/mol. The lowest BCUT2D eigenvalue weighted by molar-refractivity contribution is -0.0256. The van der Waals surface area contributed by atoms with Gasteiger partial charge in [-0.05, 0) is 32.4 Å². The summed E-state index contributed by atoms with van der Waals surface area (Å²) in [6, 6.07) is 2.21. The molecule has 1 aromatic rings. The summed E-state index contributed by atoms with van der Waals surface area (Å²) < 4.78 is 5.61. The lowest BCUT2D eigenvalue weighted by Crippen LogP contribution is -2.48. The Morgan fingerprint density at radius 1 is 1.58 bits per heavy atom. The fourth-order valence-electron chi connectivity index (χ4n) is 2.36. The van der Waals surface area contributed by atoms with Gasteiger partial charge in [0.05, 0.1) is 12.2 Å². The fraction of sp³-hybridized carbons (Fsp3) is 0.571. The van der Waals surface area contributed by atoms with E-state index in [1.54, 1.807) is 12.3 Å². The van der Waals surface area contributed by atoms with Gasteiger partial charge in [-0.3, -0.25) is 9.69 Å². The number of aryl methyl sites for hydroxylation is 1. The first kappa shape index (κ1) is 14.0. The van der Waals surface area contributed by atoms with E-state index in [1.165, 1.54) is 0 Å². The molecule has 1 fully saturated rings. The van der Waals surface area contributed by atoms with Gasteiger partial charge in [0.1, 0.15) is 11.9 Å². The van der Waals surface area contributed by atoms with Gasteiger partial charge in [-0.25, -0.2) is 4.98 Å². The van der Waals surface area contributed by atoms with Gasteiger partial charge in [0.15, 0.2) is 5.78 Å². The molecule has 1 aliphatic rings. The van der Waals surface area contributed by atoms with E-state index in [9.17, 15) is 4.79 Å². The molecule has 0 spiro atoms. The van der Waals surface area contributed by atoms with Gasteiger partial charge in [-0.15, -0.1) is 0 Å². The second-order valence-electron chi connectivity index (χ2n) is 5.20. The molecule has 2 heterocycles. The molecule has 0 bridgehead atoms. The molecule has 5 heteroatoms. The maximum absolute atomic E-state index is 12.5. The fourth-order valence-corrected chi connectivity index (χ4v) is 2.36. The van der Waals surface area contributed by atoms with Crippen LogP contribution in [-0.4, -0.2) is 47.5 Å². The zero-order valence-corrected chi connectivity index (χ0v) is 11.7. The first-order valence-electron chi connectivity index (χ1n) is 6.61. The van der Waals surface area contributed by atoms with Crippen LogP contribution in [0.5, 0.6) is 0 Å². The Labute approximate surface area is 113 Å². The Morgan fingerprint density at radius 2 is 2.32 bits per heavy atom. The number of pyridine rings is 1. The highest BCUT2D eigenvalue weighted by Gasteiger charge is 2.30. The third-order valence-electron chi connectivity index (χ3n) is 3.56. The number of ether oxygens (including phenoxy) is 1. The molecule has 1 unspecified atom stereocenters. The van der Waals surface area contributed by atoms with E-state index in [2.05, 4.69) is 23.7 Å². The number of carbonyl (C=O) groups is 1. The van der Waals surface area contributed by atoms with Gasteiger partial charge in [0.25, 0.3) is 0 Å². The molecule has 19 heavy (non-hydrogen) atoms. The highest BCUT2D eigenvalue weighted by Crippen LogP contribution is 2.19. The van der Waals surface area contributed by atoms with Crippen LogP contribution >= 0.6 is 0 Å². The summed E-state index contributed by atoms with van der Waals surface area (Å²) in [4.78, 5) is 18.8. The van der Waals surface area contributed by atoms with E-state index in [4.69, 9.17) is 10.5 Å². The van der Waals surface area contributed by atoms with Crippen molar-refractivity contribution < 1.29 is 9.53 Å². The summed E-state index contributed by atoms with van der Waals surface area (Å²) in [6.45, 7) is 8.17. The molecule has 1 saturated heterocycles. The first-order valence-corrected chi connectivity index (χ1v) is 6.61. The van der Waals surface area contributed by atoms with Gasteiger partial charge in [-0.1, -0.05) is 0 Å². The van der Waals surface area contributed by atoms with E-state index in [1.807, 2.05) is 6.92 Å². The van der Waals surface area contributed by atoms with Crippen LogP contribution in [0.1, 0.15) is 29.8 Å². The Hall–Kier alpha value is -1.46. The molecule has 2 rings (SSSR count). The highest BCUT2D eigenvalue weighted by molar-refractivity contribution is 6.04. The number of nitrogens with two attached hydrogens (primary N) is 1. The third kappa shape index (κ3) is 2.93. The molecule has 0 radical (unpaired) electrons. The Morgan fingerprint density at radius 3 is 2.95 bits per heavy atom. The summed E-state index contributed by atoms with van der Waals surface area (Å²) in [5, 5.41) is 0. The largest absolute Gasteiger partial charge is 0.383 e. The number of Topliss-reactive ketones (excluding diaryl/α,β-unsaturated/α-hetero) is 1. The van der Waals surface area contributed by atoms with Crippen LogP contribution in [0.4, 0.5) is 5.82 Å². The minimum Gasteiger partial charge on any atom is -0.383 e. The van der Waals surface area contributed by atoms with Gasteiger partial charge >= 0.3 is 0 Å². The van der Waals surface area contributed by atoms with Crippen molar-refractivity contribution in [3.8, 4) is 0 Å². The van der Waals surface area contributed by atoms with Crippen LogP contribution in [-0.2, 0) is 4.74 Å².